The van der Waals surface area contributed by atoms with E-state index >= 15 is 0 Å². The standard InChI is InChI=1S/C32H65N7O4/c1-2-3-4-5-6-7-8-9-10-11-12-21-28(40)32(37,22-15-18-25-35)31(43)39-27(20-14-17-24-34)30(42)38-26(29(36)41)19-13-16-23-33/h26-27H,2-25,33-35,37H2,1H3,(H2,36,41)(H,38,42)(H,39,43)/t26-,27-,32+/m0/s1. The Morgan fingerprint density at radius 2 is 1.07 bits per heavy atom. The van der Waals surface area contributed by atoms with Gasteiger partial charge in [-0.25, -0.2) is 0 Å². The number of carbonyl (C=O) groups is 4. The molecule has 0 aliphatic heterocycles. The van der Waals surface area contributed by atoms with Gasteiger partial charge in [0.2, 0.25) is 17.7 Å². The van der Waals surface area contributed by atoms with Crippen molar-refractivity contribution < 1.29 is 19.2 Å². The maximum Gasteiger partial charge on any atom is 0.248 e. The van der Waals surface area contributed by atoms with Crippen molar-refractivity contribution in [2.75, 3.05) is 19.6 Å². The van der Waals surface area contributed by atoms with Crippen LogP contribution in [-0.2, 0) is 19.2 Å². The van der Waals surface area contributed by atoms with Crippen LogP contribution in [0.15, 0.2) is 0 Å². The van der Waals surface area contributed by atoms with Crippen molar-refractivity contribution in [1.82, 2.24) is 10.6 Å². The number of primary amides is 1. The number of hydrogen-bond donors (Lipinski definition) is 7. The second kappa shape index (κ2) is 26.3. The topological polar surface area (TPSA) is 222 Å². The third kappa shape index (κ3) is 19.0. The van der Waals surface area contributed by atoms with Gasteiger partial charge in [0.15, 0.2) is 11.3 Å². The quantitative estimate of drug-likeness (QED) is 0.0471. The van der Waals surface area contributed by atoms with E-state index in [4.69, 9.17) is 28.7 Å². The van der Waals surface area contributed by atoms with Crippen molar-refractivity contribution >= 4 is 23.5 Å². The Hall–Kier alpha value is -2.08. The summed E-state index contributed by atoms with van der Waals surface area (Å²) >= 11 is 0. The molecule has 11 nitrogen and oxygen atoms in total. The summed E-state index contributed by atoms with van der Waals surface area (Å²) in [6, 6.07) is -1.87. The number of amides is 3. The van der Waals surface area contributed by atoms with Gasteiger partial charge in [-0.2, -0.15) is 0 Å². The van der Waals surface area contributed by atoms with Crippen molar-refractivity contribution in [3.63, 3.8) is 0 Å². The van der Waals surface area contributed by atoms with Gasteiger partial charge < -0.3 is 39.3 Å². The molecule has 0 saturated carbocycles. The van der Waals surface area contributed by atoms with E-state index in [0.717, 1.165) is 19.3 Å². The van der Waals surface area contributed by atoms with Crippen molar-refractivity contribution in [2.24, 2.45) is 28.7 Å². The average Bonchev–Trinajstić information content (AvgIpc) is 2.98. The number of unbranched alkanes of at least 4 members (excludes halogenated alkanes) is 13. The zero-order valence-corrected chi connectivity index (χ0v) is 27.1. The highest BCUT2D eigenvalue weighted by Gasteiger charge is 2.42. The molecular weight excluding hydrogens is 546 g/mol. The van der Waals surface area contributed by atoms with E-state index in [-0.39, 0.29) is 25.0 Å². The first-order valence-electron chi connectivity index (χ1n) is 17.0. The van der Waals surface area contributed by atoms with E-state index < -0.39 is 35.3 Å². The maximum atomic E-state index is 13.6. The third-order valence-electron chi connectivity index (χ3n) is 8.11. The number of carbonyl (C=O) groups excluding carboxylic acids is 4. The maximum absolute atomic E-state index is 13.6. The van der Waals surface area contributed by atoms with Crippen LogP contribution in [0.2, 0.25) is 0 Å². The Labute approximate surface area is 260 Å². The molecule has 0 aliphatic carbocycles. The van der Waals surface area contributed by atoms with Crippen molar-refractivity contribution in [1.29, 1.82) is 0 Å². The van der Waals surface area contributed by atoms with Crippen LogP contribution in [0.4, 0.5) is 0 Å². The zero-order valence-electron chi connectivity index (χ0n) is 27.1. The van der Waals surface area contributed by atoms with E-state index in [1.165, 1.54) is 44.9 Å². The molecule has 0 aliphatic rings. The van der Waals surface area contributed by atoms with Crippen LogP contribution in [0.5, 0.6) is 0 Å². The minimum atomic E-state index is -1.76. The highest BCUT2D eigenvalue weighted by molar-refractivity contribution is 6.11. The van der Waals surface area contributed by atoms with Crippen LogP contribution in [0.3, 0.4) is 0 Å². The van der Waals surface area contributed by atoms with Crippen molar-refractivity contribution in [3.05, 3.63) is 0 Å². The van der Waals surface area contributed by atoms with Crippen LogP contribution in [0.25, 0.3) is 0 Å². The molecule has 0 unspecified atom stereocenters. The highest BCUT2D eigenvalue weighted by Crippen LogP contribution is 2.19. The molecule has 12 N–H and O–H groups in total. The largest absolute Gasteiger partial charge is 0.368 e. The average molecular weight is 612 g/mol. The predicted molar refractivity (Wildman–Crippen MR) is 175 cm³/mol. The molecule has 0 aromatic rings. The minimum Gasteiger partial charge on any atom is -0.368 e. The van der Waals surface area contributed by atoms with E-state index in [9.17, 15) is 19.2 Å². The van der Waals surface area contributed by atoms with Gasteiger partial charge in [-0.15, -0.1) is 0 Å². The Bertz CT molecular complexity index is 768. The molecule has 0 rings (SSSR count). The van der Waals surface area contributed by atoms with Crippen LogP contribution < -0.4 is 39.3 Å². The molecule has 3 amide bonds. The molecule has 0 saturated heterocycles. The van der Waals surface area contributed by atoms with Gasteiger partial charge in [0.25, 0.3) is 0 Å². The highest BCUT2D eigenvalue weighted by atomic mass is 16.2. The number of nitrogens with one attached hydrogen (secondary N) is 2. The molecule has 0 aromatic heterocycles. The van der Waals surface area contributed by atoms with E-state index in [2.05, 4.69) is 17.6 Å². The molecule has 11 heteroatoms. The Morgan fingerprint density at radius 1 is 0.605 bits per heavy atom. The van der Waals surface area contributed by atoms with Gasteiger partial charge in [-0.05, 0) is 83.8 Å². The van der Waals surface area contributed by atoms with Crippen molar-refractivity contribution in [2.45, 2.75) is 159 Å². The first-order valence-corrected chi connectivity index (χ1v) is 17.0. The third-order valence-corrected chi connectivity index (χ3v) is 8.11. The smallest absolute Gasteiger partial charge is 0.248 e. The fourth-order valence-electron chi connectivity index (χ4n) is 5.20. The molecule has 0 heterocycles. The molecule has 0 bridgehead atoms. The number of ketones is 1. The summed E-state index contributed by atoms with van der Waals surface area (Å²) in [6.45, 7) is 3.55. The summed E-state index contributed by atoms with van der Waals surface area (Å²) in [5.41, 5.74) is 27.1. The summed E-state index contributed by atoms with van der Waals surface area (Å²) in [4.78, 5) is 52.2. The zero-order chi connectivity index (χ0) is 32.3. The summed E-state index contributed by atoms with van der Waals surface area (Å²) < 4.78 is 0. The molecule has 0 spiro atoms. The molecule has 3 atom stereocenters. The molecule has 252 valence electrons. The molecule has 43 heavy (non-hydrogen) atoms. The lowest BCUT2D eigenvalue weighted by atomic mass is 9.85. The monoisotopic (exact) mass is 612 g/mol. The van der Waals surface area contributed by atoms with Gasteiger partial charge in [0.05, 0.1) is 0 Å². The lowest BCUT2D eigenvalue weighted by Gasteiger charge is -2.30. The van der Waals surface area contributed by atoms with Gasteiger partial charge >= 0.3 is 0 Å². The number of rotatable bonds is 30. The number of Topliss-reactive ketones (excluding diaryl/α,β-unsaturated/α-hetero) is 1. The van der Waals surface area contributed by atoms with E-state index in [1.807, 2.05) is 0 Å². The van der Waals surface area contributed by atoms with E-state index in [1.54, 1.807) is 0 Å². The molecule has 0 radical (unpaired) electrons. The lowest BCUT2D eigenvalue weighted by molar-refractivity contribution is -0.139. The normalized spacial score (nSPS) is 14.1. The van der Waals surface area contributed by atoms with Crippen LogP contribution in [-0.4, -0.2) is 60.8 Å². The lowest BCUT2D eigenvalue weighted by Crippen LogP contribution is -2.63. The summed E-state index contributed by atoms with van der Waals surface area (Å²) in [6.07, 6.45) is 17.4. The second-order valence-electron chi connectivity index (χ2n) is 12.0. The Balaban J connectivity index is 5.23. The second-order valence-corrected chi connectivity index (χ2v) is 12.0. The minimum absolute atomic E-state index is 0.146. The Morgan fingerprint density at radius 3 is 1.56 bits per heavy atom. The predicted octanol–water partition coefficient (Wildman–Crippen LogP) is 2.80. The molecule has 0 fully saturated rings. The van der Waals surface area contributed by atoms with Crippen LogP contribution in [0, 0.1) is 0 Å². The van der Waals surface area contributed by atoms with Crippen LogP contribution >= 0.6 is 0 Å². The Kier molecular flexibility index (Phi) is 25.1. The van der Waals surface area contributed by atoms with Gasteiger partial charge in [-0.1, -0.05) is 71.1 Å². The summed E-state index contributed by atoms with van der Waals surface area (Å²) in [5.74, 6) is -2.20. The van der Waals surface area contributed by atoms with Gasteiger partial charge in [0.1, 0.15) is 12.1 Å². The van der Waals surface area contributed by atoms with Crippen LogP contribution in [0.1, 0.15) is 142 Å². The first kappa shape index (κ1) is 40.9. The first-order chi connectivity index (χ1) is 20.7. The number of hydrogen-bond acceptors (Lipinski definition) is 8. The molecular formula is C32H65N7O4. The summed E-state index contributed by atoms with van der Waals surface area (Å²) in [5, 5.41) is 5.41. The van der Waals surface area contributed by atoms with Gasteiger partial charge in [-0.3, -0.25) is 19.2 Å². The SMILES string of the molecule is CCCCCCCCCCCCCC(=O)[C@](N)(CCCCN)C(=O)N[C@@H](CCCCN)C(=O)N[C@@H](CCCCN)C(N)=O. The summed E-state index contributed by atoms with van der Waals surface area (Å²) in [7, 11) is 0. The molecule has 0 aromatic carbocycles. The van der Waals surface area contributed by atoms with E-state index in [0.29, 0.717) is 71.0 Å². The van der Waals surface area contributed by atoms with Gasteiger partial charge in [0, 0.05) is 6.42 Å². The fourth-order valence-corrected chi connectivity index (χ4v) is 5.20. The number of nitrogens with two attached hydrogens (primary N) is 5. The van der Waals surface area contributed by atoms with Crippen molar-refractivity contribution in [3.8, 4) is 0 Å². The fraction of sp³-hybridized carbons (Fsp3) is 0.875.